The van der Waals surface area contributed by atoms with Crippen molar-refractivity contribution in [2.75, 3.05) is 32.7 Å². The summed E-state index contributed by atoms with van der Waals surface area (Å²) in [5, 5.41) is 3.55. The molecule has 0 bridgehead atoms. The number of rotatable bonds is 6. The SMILES string of the molecule is CC(=O)N1CCN(CC(NCc2ccccn2)c2ccc(F)cc2)CC1. The van der Waals surface area contributed by atoms with Crippen molar-refractivity contribution in [1.29, 1.82) is 0 Å². The summed E-state index contributed by atoms with van der Waals surface area (Å²) in [6.07, 6.45) is 1.78. The second-order valence-electron chi connectivity index (χ2n) is 6.61. The van der Waals surface area contributed by atoms with Crippen LogP contribution in [0.2, 0.25) is 0 Å². The molecule has 1 unspecified atom stereocenters. The van der Waals surface area contributed by atoms with E-state index in [-0.39, 0.29) is 17.8 Å². The van der Waals surface area contributed by atoms with Crippen molar-refractivity contribution in [3.63, 3.8) is 0 Å². The van der Waals surface area contributed by atoms with Crippen LogP contribution in [-0.2, 0) is 11.3 Å². The fourth-order valence-corrected chi connectivity index (χ4v) is 3.22. The summed E-state index contributed by atoms with van der Waals surface area (Å²) in [5.41, 5.74) is 2.03. The summed E-state index contributed by atoms with van der Waals surface area (Å²) >= 11 is 0. The molecule has 138 valence electrons. The number of hydrogen-bond acceptors (Lipinski definition) is 4. The highest BCUT2D eigenvalue weighted by molar-refractivity contribution is 5.73. The molecule has 0 radical (unpaired) electrons. The van der Waals surface area contributed by atoms with Crippen molar-refractivity contribution in [2.24, 2.45) is 0 Å². The summed E-state index contributed by atoms with van der Waals surface area (Å²) in [7, 11) is 0. The van der Waals surface area contributed by atoms with E-state index in [0.29, 0.717) is 6.54 Å². The predicted octanol–water partition coefficient (Wildman–Crippen LogP) is 2.22. The zero-order valence-electron chi connectivity index (χ0n) is 15.1. The Balaban J connectivity index is 1.65. The second kappa shape index (κ2) is 8.87. The Morgan fingerprint density at radius 2 is 1.88 bits per heavy atom. The quantitative estimate of drug-likeness (QED) is 0.862. The third-order valence-corrected chi connectivity index (χ3v) is 4.79. The number of halogens is 1. The maximum Gasteiger partial charge on any atom is 0.219 e. The summed E-state index contributed by atoms with van der Waals surface area (Å²) in [5.74, 6) is -0.0969. The van der Waals surface area contributed by atoms with Gasteiger partial charge in [0.2, 0.25) is 5.91 Å². The number of amides is 1. The average Bonchev–Trinajstić information content (AvgIpc) is 2.67. The highest BCUT2D eigenvalue weighted by atomic mass is 19.1. The van der Waals surface area contributed by atoms with Gasteiger partial charge in [-0.2, -0.15) is 0 Å². The zero-order valence-corrected chi connectivity index (χ0v) is 15.1. The van der Waals surface area contributed by atoms with Crippen LogP contribution in [0.4, 0.5) is 4.39 Å². The Labute approximate surface area is 153 Å². The second-order valence-corrected chi connectivity index (χ2v) is 6.61. The van der Waals surface area contributed by atoms with Gasteiger partial charge in [0.1, 0.15) is 5.82 Å². The summed E-state index contributed by atoms with van der Waals surface area (Å²) in [6.45, 7) is 6.29. The van der Waals surface area contributed by atoms with E-state index in [1.54, 1.807) is 13.1 Å². The first-order valence-corrected chi connectivity index (χ1v) is 8.98. The van der Waals surface area contributed by atoms with E-state index in [2.05, 4.69) is 15.2 Å². The molecule has 2 heterocycles. The third-order valence-electron chi connectivity index (χ3n) is 4.79. The molecule has 5 nitrogen and oxygen atoms in total. The van der Waals surface area contributed by atoms with Crippen LogP contribution in [0.25, 0.3) is 0 Å². The Morgan fingerprint density at radius 3 is 2.50 bits per heavy atom. The van der Waals surface area contributed by atoms with Crippen molar-refractivity contribution in [3.05, 3.63) is 65.7 Å². The molecule has 1 aliphatic rings. The van der Waals surface area contributed by atoms with Crippen LogP contribution in [-0.4, -0.2) is 53.4 Å². The van der Waals surface area contributed by atoms with Crippen LogP contribution in [0.1, 0.15) is 24.2 Å². The lowest BCUT2D eigenvalue weighted by atomic mass is 10.1. The number of hydrogen-bond donors (Lipinski definition) is 1. The number of pyridine rings is 1. The molecule has 1 N–H and O–H groups in total. The summed E-state index contributed by atoms with van der Waals surface area (Å²) in [6, 6.07) is 12.6. The van der Waals surface area contributed by atoms with Crippen LogP contribution >= 0.6 is 0 Å². The largest absolute Gasteiger partial charge is 0.340 e. The van der Waals surface area contributed by atoms with Gasteiger partial charge in [-0.3, -0.25) is 14.7 Å². The summed E-state index contributed by atoms with van der Waals surface area (Å²) < 4.78 is 13.3. The Bertz CT molecular complexity index is 700. The number of aromatic nitrogens is 1. The van der Waals surface area contributed by atoms with Gasteiger partial charge in [-0.05, 0) is 29.8 Å². The minimum Gasteiger partial charge on any atom is -0.340 e. The van der Waals surface area contributed by atoms with Crippen LogP contribution in [0, 0.1) is 5.82 Å². The van der Waals surface area contributed by atoms with E-state index >= 15 is 0 Å². The molecule has 1 fully saturated rings. The lowest BCUT2D eigenvalue weighted by Gasteiger charge is -2.36. The zero-order chi connectivity index (χ0) is 18.4. The van der Waals surface area contributed by atoms with Crippen molar-refractivity contribution in [2.45, 2.75) is 19.5 Å². The van der Waals surface area contributed by atoms with E-state index in [4.69, 9.17) is 0 Å². The number of carbonyl (C=O) groups excluding carboxylic acids is 1. The molecule has 1 amide bonds. The number of piperazine rings is 1. The molecular formula is C20H25FN4O. The van der Waals surface area contributed by atoms with Crippen LogP contribution in [0.3, 0.4) is 0 Å². The van der Waals surface area contributed by atoms with Gasteiger partial charge in [0.25, 0.3) is 0 Å². The molecule has 1 aliphatic heterocycles. The smallest absolute Gasteiger partial charge is 0.219 e. The molecule has 1 aromatic heterocycles. The fraction of sp³-hybridized carbons (Fsp3) is 0.400. The first-order valence-electron chi connectivity index (χ1n) is 8.98. The van der Waals surface area contributed by atoms with Gasteiger partial charge in [0.15, 0.2) is 0 Å². The van der Waals surface area contributed by atoms with Gasteiger partial charge in [0, 0.05) is 58.4 Å². The summed E-state index contributed by atoms with van der Waals surface area (Å²) in [4.78, 5) is 20.1. The highest BCUT2D eigenvalue weighted by Gasteiger charge is 2.22. The average molecular weight is 356 g/mol. The lowest BCUT2D eigenvalue weighted by molar-refractivity contribution is -0.130. The first kappa shape index (κ1) is 18.5. The molecule has 2 aromatic rings. The van der Waals surface area contributed by atoms with E-state index in [1.807, 2.05) is 35.2 Å². The van der Waals surface area contributed by atoms with Crippen molar-refractivity contribution in [1.82, 2.24) is 20.1 Å². The maximum absolute atomic E-state index is 13.3. The van der Waals surface area contributed by atoms with Crippen molar-refractivity contribution < 1.29 is 9.18 Å². The van der Waals surface area contributed by atoms with Gasteiger partial charge in [-0.1, -0.05) is 18.2 Å². The van der Waals surface area contributed by atoms with Crippen LogP contribution < -0.4 is 5.32 Å². The molecule has 6 heteroatoms. The predicted molar refractivity (Wildman–Crippen MR) is 98.9 cm³/mol. The molecule has 3 rings (SSSR count). The molecule has 1 atom stereocenters. The molecule has 0 saturated carbocycles. The van der Waals surface area contributed by atoms with Crippen LogP contribution in [0.15, 0.2) is 48.7 Å². The first-order chi connectivity index (χ1) is 12.6. The van der Waals surface area contributed by atoms with E-state index in [0.717, 1.165) is 44.0 Å². The standard InChI is InChI=1S/C20H25FN4O/c1-16(26)25-12-10-24(11-13-25)15-20(17-5-7-18(21)8-6-17)23-14-19-4-2-3-9-22-19/h2-9,20,23H,10-15H2,1H3. The molecule has 1 aromatic carbocycles. The van der Waals surface area contributed by atoms with E-state index in [9.17, 15) is 9.18 Å². The number of carbonyl (C=O) groups is 1. The third kappa shape index (κ3) is 5.09. The normalized spacial score (nSPS) is 16.5. The molecule has 0 spiro atoms. The molecule has 1 saturated heterocycles. The minimum absolute atomic E-state index is 0.0708. The van der Waals surface area contributed by atoms with Gasteiger partial charge >= 0.3 is 0 Å². The Hall–Kier alpha value is -2.31. The van der Waals surface area contributed by atoms with Gasteiger partial charge in [0.05, 0.1) is 5.69 Å². The molecular weight excluding hydrogens is 331 g/mol. The van der Waals surface area contributed by atoms with Crippen molar-refractivity contribution in [3.8, 4) is 0 Å². The molecule has 26 heavy (non-hydrogen) atoms. The Kier molecular flexibility index (Phi) is 6.30. The van der Waals surface area contributed by atoms with Gasteiger partial charge in [-0.15, -0.1) is 0 Å². The van der Waals surface area contributed by atoms with Gasteiger partial charge in [-0.25, -0.2) is 4.39 Å². The van der Waals surface area contributed by atoms with E-state index < -0.39 is 0 Å². The maximum atomic E-state index is 13.3. The fourth-order valence-electron chi connectivity index (χ4n) is 3.22. The van der Waals surface area contributed by atoms with E-state index in [1.165, 1.54) is 12.1 Å². The number of benzene rings is 1. The van der Waals surface area contributed by atoms with Crippen LogP contribution in [0.5, 0.6) is 0 Å². The topological polar surface area (TPSA) is 48.5 Å². The number of nitrogens with one attached hydrogen (secondary N) is 1. The Morgan fingerprint density at radius 1 is 1.15 bits per heavy atom. The molecule has 0 aliphatic carbocycles. The monoisotopic (exact) mass is 356 g/mol. The van der Waals surface area contributed by atoms with Crippen molar-refractivity contribution >= 4 is 5.91 Å². The lowest BCUT2D eigenvalue weighted by Crippen LogP contribution is -2.50. The highest BCUT2D eigenvalue weighted by Crippen LogP contribution is 2.17. The number of nitrogens with zero attached hydrogens (tertiary/aromatic N) is 3. The van der Waals surface area contributed by atoms with Gasteiger partial charge < -0.3 is 10.2 Å². The minimum atomic E-state index is -0.229.